The standard InChI is InChI=1S/C14H18N2O4/c1-9-6-10-4-2-3-5-11(10)16(8-9)14(20)15-7-12(17)13(18)19/h2-5,9,12,17H,6-8H2,1H3,(H,15,20)(H,18,19). The number of fused-ring (bicyclic) bond motifs is 1. The van der Waals surface area contributed by atoms with Gasteiger partial charge >= 0.3 is 12.0 Å². The molecule has 0 radical (unpaired) electrons. The molecule has 2 unspecified atom stereocenters. The van der Waals surface area contributed by atoms with E-state index in [1.54, 1.807) is 4.90 Å². The normalized spacial score (nSPS) is 19.1. The van der Waals surface area contributed by atoms with Gasteiger partial charge in [-0.2, -0.15) is 0 Å². The van der Waals surface area contributed by atoms with Crippen LogP contribution in [-0.4, -0.2) is 41.4 Å². The van der Waals surface area contributed by atoms with Crippen LogP contribution < -0.4 is 10.2 Å². The number of carbonyl (C=O) groups excluding carboxylic acids is 1. The molecule has 108 valence electrons. The highest BCUT2D eigenvalue weighted by atomic mass is 16.4. The van der Waals surface area contributed by atoms with Crippen LogP contribution in [0.25, 0.3) is 0 Å². The SMILES string of the molecule is CC1Cc2ccccc2N(C(=O)NCC(O)C(=O)O)C1. The van der Waals surface area contributed by atoms with E-state index in [0.29, 0.717) is 12.5 Å². The van der Waals surface area contributed by atoms with Gasteiger partial charge in [-0.1, -0.05) is 25.1 Å². The molecule has 1 aromatic carbocycles. The first-order chi connectivity index (χ1) is 9.49. The number of hydrogen-bond acceptors (Lipinski definition) is 3. The Balaban J connectivity index is 2.08. The zero-order valence-electron chi connectivity index (χ0n) is 11.2. The summed E-state index contributed by atoms with van der Waals surface area (Å²) in [6, 6.07) is 7.26. The number of para-hydroxylation sites is 1. The first-order valence-electron chi connectivity index (χ1n) is 6.53. The molecule has 6 nitrogen and oxygen atoms in total. The summed E-state index contributed by atoms with van der Waals surface area (Å²) in [5.74, 6) is -1.02. The molecule has 6 heteroatoms. The van der Waals surface area contributed by atoms with Crippen LogP contribution in [0.15, 0.2) is 24.3 Å². The van der Waals surface area contributed by atoms with E-state index >= 15 is 0 Å². The molecule has 2 atom stereocenters. The lowest BCUT2D eigenvalue weighted by atomic mass is 9.94. The Morgan fingerprint density at radius 3 is 2.85 bits per heavy atom. The highest BCUT2D eigenvalue weighted by Gasteiger charge is 2.26. The number of urea groups is 1. The number of carboxylic acids is 1. The number of carbonyl (C=O) groups is 2. The lowest BCUT2D eigenvalue weighted by molar-refractivity contribution is -0.146. The number of aliphatic hydroxyl groups excluding tert-OH is 1. The van der Waals surface area contributed by atoms with Crippen molar-refractivity contribution in [3.63, 3.8) is 0 Å². The summed E-state index contributed by atoms with van der Waals surface area (Å²) < 4.78 is 0. The molecule has 2 rings (SSSR count). The number of rotatable bonds is 3. The van der Waals surface area contributed by atoms with Crippen LogP contribution >= 0.6 is 0 Å². The summed E-state index contributed by atoms with van der Waals surface area (Å²) in [4.78, 5) is 24.3. The van der Waals surface area contributed by atoms with Crippen molar-refractivity contribution in [3.8, 4) is 0 Å². The maximum atomic E-state index is 12.1. The Bertz CT molecular complexity index is 518. The molecule has 0 fully saturated rings. The highest BCUT2D eigenvalue weighted by Crippen LogP contribution is 2.29. The van der Waals surface area contributed by atoms with E-state index in [1.807, 2.05) is 24.3 Å². The molecule has 20 heavy (non-hydrogen) atoms. The number of hydrogen-bond donors (Lipinski definition) is 3. The number of carboxylic acid groups (broad SMARTS) is 1. The van der Waals surface area contributed by atoms with Crippen molar-refractivity contribution in [3.05, 3.63) is 29.8 Å². The van der Waals surface area contributed by atoms with Crippen LogP contribution in [0, 0.1) is 5.92 Å². The number of benzene rings is 1. The van der Waals surface area contributed by atoms with Gasteiger partial charge in [-0.25, -0.2) is 9.59 Å². The largest absolute Gasteiger partial charge is 0.479 e. The third-order valence-corrected chi connectivity index (χ3v) is 3.32. The van der Waals surface area contributed by atoms with Crippen LogP contribution in [0.1, 0.15) is 12.5 Å². The van der Waals surface area contributed by atoms with E-state index in [1.165, 1.54) is 0 Å². The minimum atomic E-state index is -1.59. The van der Waals surface area contributed by atoms with Crippen molar-refractivity contribution in [1.82, 2.24) is 5.32 Å². The van der Waals surface area contributed by atoms with E-state index in [0.717, 1.165) is 17.7 Å². The fraction of sp³-hybridized carbons (Fsp3) is 0.429. The fourth-order valence-electron chi connectivity index (χ4n) is 2.36. The Labute approximate surface area is 117 Å². The van der Waals surface area contributed by atoms with Gasteiger partial charge in [0, 0.05) is 12.2 Å². The molecule has 0 aliphatic carbocycles. The minimum absolute atomic E-state index is 0.304. The Morgan fingerprint density at radius 1 is 1.45 bits per heavy atom. The van der Waals surface area contributed by atoms with Crippen molar-refractivity contribution < 1.29 is 19.8 Å². The predicted octanol–water partition coefficient (Wildman–Crippen LogP) is 0.840. The number of anilines is 1. The zero-order chi connectivity index (χ0) is 14.7. The zero-order valence-corrected chi connectivity index (χ0v) is 11.2. The van der Waals surface area contributed by atoms with Gasteiger partial charge in [0.15, 0.2) is 6.10 Å². The summed E-state index contributed by atoms with van der Waals surface area (Å²) in [6.07, 6.45) is -0.672. The van der Waals surface area contributed by atoms with Crippen LogP contribution in [0.2, 0.25) is 0 Å². The van der Waals surface area contributed by atoms with Crippen LogP contribution in [0.5, 0.6) is 0 Å². The van der Waals surface area contributed by atoms with E-state index in [4.69, 9.17) is 5.11 Å². The number of amides is 2. The highest BCUT2D eigenvalue weighted by molar-refractivity contribution is 5.93. The quantitative estimate of drug-likeness (QED) is 0.764. The fourth-order valence-corrected chi connectivity index (χ4v) is 2.36. The third kappa shape index (κ3) is 3.08. The van der Waals surface area contributed by atoms with E-state index < -0.39 is 12.1 Å². The number of nitrogens with zero attached hydrogens (tertiary/aromatic N) is 1. The molecule has 0 saturated heterocycles. The molecular weight excluding hydrogens is 260 g/mol. The first-order valence-corrected chi connectivity index (χ1v) is 6.53. The van der Waals surface area contributed by atoms with Gasteiger partial charge in [-0.05, 0) is 24.0 Å². The average Bonchev–Trinajstić information content (AvgIpc) is 2.43. The van der Waals surface area contributed by atoms with E-state index in [9.17, 15) is 14.7 Å². The third-order valence-electron chi connectivity index (χ3n) is 3.32. The maximum Gasteiger partial charge on any atom is 0.334 e. The molecule has 1 aliphatic heterocycles. The Morgan fingerprint density at radius 2 is 2.15 bits per heavy atom. The van der Waals surface area contributed by atoms with Crippen molar-refractivity contribution in [2.24, 2.45) is 5.92 Å². The summed E-state index contributed by atoms with van der Waals surface area (Å²) >= 11 is 0. The molecule has 2 amide bonds. The van der Waals surface area contributed by atoms with Crippen molar-refractivity contribution in [1.29, 1.82) is 0 Å². The number of aliphatic hydroxyl groups is 1. The molecule has 3 N–H and O–H groups in total. The van der Waals surface area contributed by atoms with Crippen LogP contribution in [-0.2, 0) is 11.2 Å². The molecule has 1 aliphatic rings. The van der Waals surface area contributed by atoms with Gasteiger partial charge in [0.2, 0.25) is 0 Å². The van der Waals surface area contributed by atoms with Crippen LogP contribution in [0.3, 0.4) is 0 Å². The molecule has 1 heterocycles. The second-order valence-electron chi connectivity index (χ2n) is 5.09. The number of nitrogens with one attached hydrogen (secondary N) is 1. The summed E-state index contributed by atoms with van der Waals surface area (Å²) in [6.45, 7) is 2.33. The minimum Gasteiger partial charge on any atom is -0.479 e. The van der Waals surface area contributed by atoms with Crippen molar-refractivity contribution in [2.75, 3.05) is 18.0 Å². The van der Waals surface area contributed by atoms with Gasteiger partial charge in [0.25, 0.3) is 0 Å². The molecule has 1 aromatic rings. The number of aliphatic carboxylic acids is 1. The van der Waals surface area contributed by atoms with E-state index in [2.05, 4.69) is 12.2 Å². The monoisotopic (exact) mass is 278 g/mol. The maximum absolute atomic E-state index is 12.1. The Hall–Kier alpha value is -2.08. The lowest BCUT2D eigenvalue weighted by Gasteiger charge is -2.33. The van der Waals surface area contributed by atoms with Crippen molar-refractivity contribution in [2.45, 2.75) is 19.4 Å². The smallest absolute Gasteiger partial charge is 0.334 e. The van der Waals surface area contributed by atoms with Gasteiger partial charge in [-0.3, -0.25) is 4.90 Å². The summed E-state index contributed by atoms with van der Waals surface area (Å²) in [7, 11) is 0. The second-order valence-corrected chi connectivity index (χ2v) is 5.09. The Kier molecular flexibility index (Phi) is 4.24. The van der Waals surface area contributed by atoms with Crippen molar-refractivity contribution >= 4 is 17.7 Å². The molecular formula is C14H18N2O4. The molecule has 0 spiro atoms. The van der Waals surface area contributed by atoms with E-state index in [-0.39, 0.29) is 12.6 Å². The first kappa shape index (κ1) is 14.3. The van der Waals surface area contributed by atoms with Gasteiger partial charge in [-0.15, -0.1) is 0 Å². The lowest BCUT2D eigenvalue weighted by Crippen LogP contribution is -2.48. The second kappa shape index (κ2) is 5.92. The molecule has 0 aromatic heterocycles. The van der Waals surface area contributed by atoms with Gasteiger partial charge in [0.1, 0.15) is 0 Å². The molecule has 0 bridgehead atoms. The van der Waals surface area contributed by atoms with Gasteiger partial charge in [0.05, 0.1) is 6.54 Å². The summed E-state index contributed by atoms with van der Waals surface area (Å²) in [5, 5.41) is 20.2. The average molecular weight is 278 g/mol. The summed E-state index contributed by atoms with van der Waals surface area (Å²) in [5.41, 5.74) is 1.94. The molecule has 0 saturated carbocycles. The topological polar surface area (TPSA) is 89.9 Å². The predicted molar refractivity (Wildman–Crippen MR) is 73.7 cm³/mol. The van der Waals surface area contributed by atoms with Crippen LogP contribution in [0.4, 0.5) is 10.5 Å². The van der Waals surface area contributed by atoms with Gasteiger partial charge < -0.3 is 15.5 Å².